The van der Waals surface area contributed by atoms with Crippen LogP contribution in [0.15, 0.2) is 65.6 Å². The molecule has 1 heterocycles. The summed E-state index contributed by atoms with van der Waals surface area (Å²) >= 11 is 0. The summed E-state index contributed by atoms with van der Waals surface area (Å²) in [6.07, 6.45) is -2.10. The van der Waals surface area contributed by atoms with E-state index in [0.29, 0.717) is 18.5 Å². The Kier molecular flexibility index (Phi) is 5.71. The minimum Gasteiger partial charge on any atom is -0.482 e. The van der Waals surface area contributed by atoms with Crippen LogP contribution in [-0.4, -0.2) is 28.4 Å². The van der Waals surface area contributed by atoms with E-state index < -0.39 is 41.4 Å². The average Bonchev–Trinajstić information content (AvgIpc) is 3.51. The lowest BCUT2D eigenvalue weighted by Gasteiger charge is -2.15. The molecule has 1 aliphatic carbocycles. The maximum Gasteiger partial charge on any atom is 0.422 e. The van der Waals surface area contributed by atoms with E-state index in [1.807, 2.05) is 0 Å². The summed E-state index contributed by atoms with van der Waals surface area (Å²) in [4.78, 5) is 25.6. The number of aromatic nitrogens is 1. The highest BCUT2D eigenvalue weighted by Crippen LogP contribution is 2.45. The van der Waals surface area contributed by atoms with Gasteiger partial charge in [0.25, 0.3) is 11.5 Å². The first-order valence-corrected chi connectivity index (χ1v) is 9.91. The molecule has 1 amide bonds. The lowest BCUT2D eigenvalue weighted by atomic mass is 10.1. The van der Waals surface area contributed by atoms with Crippen molar-refractivity contribution in [2.75, 3.05) is 11.9 Å². The molecular formula is C23H18F4N2O4. The van der Waals surface area contributed by atoms with Crippen molar-refractivity contribution in [2.24, 2.45) is 0 Å². The predicted molar refractivity (Wildman–Crippen MR) is 111 cm³/mol. The quantitative estimate of drug-likeness (QED) is 0.540. The molecule has 0 bridgehead atoms. The number of aliphatic hydroxyl groups is 1. The number of nitrogens with one attached hydrogen (secondary N) is 1. The molecule has 0 spiro atoms. The Morgan fingerprint density at radius 2 is 1.82 bits per heavy atom. The lowest BCUT2D eigenvalue weighted by Crippen LogP contribution is -2.28. The van der Waals surface area contributed by atoms with Gasteiger partial charge in [0.05, 0.1) is 11.3 Å². The van der Waals surface area contributed by atoms with Crippen LogP contribution in [0.4, 0.5) is 23.2 Å². The number of hydrogen-bond acceptors (Lipinski definition) is 4. The second-order valence-corrected chi connectivity index (χ2v) is 7.68. The topological polar surface area (TPSA) is 80.6 Å². The summed E-state index contributed by atoms with van der Waals surface area (Å²) in [6.45, 7) is -1.68. The van der Waals surface area contributed by atoms with Crippen molar-refractivity contribution in [3.05, 3.63) is 88.1 Å². The van der Waals surface area contributed by atoms with Crippen LogP contribution in [0.5, 0.6) is 5.75 Å². The highest BCUT2D eigenvalue weighted by molar-refractivity contribution is 6.04. The number of benzene rings is 2. The maximum absolute atomic E-state index is 13.6. The number of pyridine rings is 1. The highest BCUT2D eigenvalue weighted by atomic mass is 19.4. The molecule has 0 aliphatic heterocycles. The van der Waals surface area contributed by atoms with Crippen molar-refractivity contribution in [3.63, 3.8) is 0 Å². The Hall–Kier alpha value is -3.66. The van der Waals surface area contributed by atoms with Crippen LogP contribution in [0.3, 0.4) is 0 Å². The molecule has 4 rings (SSSR count). The van der Waals surface area contributed by atoms with Crippen LogP contribution in [-0.2, 0) is 5.60 Å². The van der Waals surface area contributed by atoms with Gasteiger partial charge in [-0.05, 0) is 54.8 Å². The summed E-state index contributed by atoms with van der Waals surface area (Å²) in [6, 6.07) is 11.9. The summed E-state index contributed by atoms with van der Waals surface area (Å²) in [5, 5.41) is 12.7. The first kappa shape index (κ1) is 22.5. The molecule has 3 aromatic rings. The summed E-state index contributed by atoms with van der Waals surface area (Å²) in [7, 11) is 0. The zero-order valence-electron chi connectivity index (χ0n) is 17.0. The Labute approximate surface area is 185 Å². The zero-order chi connectivity index (χ0) is 23.8. The van der Waals surface area contributed by atoms with Gasteiger partial charge in [0.1, 0.15) is 17.1 Å². The SMILES string of the molecule is O=C(Nc1ccc(C2(O)CC2)cc1)c1cccn(-c2ccc(F)cc2OCC(F)(F)F)c1=O. The van der Waals surface area contributed by atoms with Crippen molar-refractivity contribution < 1.29 is 32.2 Å². The van der Waals surface area contributed by atoms with E-state index in [0.717, 1.165) is 28.3 Å². The Morgan fingerprint density at radius 1 is 1.12 bits per heavy atom. The van der Waals surface area contributed by atoms with Gasteiger partial charge in [-0.25, -0.2) is 4.39 Å². The van der Waals surface area contributed by atoms with Crippen molar-refractivity contribution in [1.29, 1.82) is 0 Å². The summed E-state index contributed by atoms with van der Waals surface area (Å²) in [5.41, 5.74) is -0.973. The Bertz CT molecular complexity index is 1250. The van der Waals surface area contributed by atoms with Crippen molar-refractivity contribution in [2.45, 2.75) is 24.6 Å². The standard InChI is InChI=1S/C23H18F4N2O4/c24-15-5-8-18(19(12-15)33-13-23(25,26)27)29-11-1-2-17(21(29)31)20(30)28-16-6-3-14(4-7-16)22(32)9-10-22/h1-8,11-12,32H,9-10,13H2,(H,28,30). The van der Waals surface area contributed by atoms with Crippen molar-refractivity contribution in [1.82, 2.24) is 4.57 Å². The molecule has 6 nitrogen and oxygen atoms in total. The van der Waals surface area contributed by atoms with Gasteiger partial charge in [-0.2, -0.15) is 13.2 Å². The number of carbonyl (C=O) groups is 1. The fourth-order valence-corrected chi connectivity index (χ4v) is 3.29. The molecule has 1 aliphatic rings. The lowest BCUT2D eigenvalue weighted by molar-refractivity contribution is -0.153. The van der Waals surface area contributed by atoms with Gasteiger partial charge in [-0.1, -0.05) is 12.1 Å². The number of nitrogens with zero attached hydrogens (tertiary/aromatic N) is 1. The van der Waals surface area contributed by atoms with E-state index in [-0.39, 0.29) is 11.3 Å². The predicted octanol–water partition coefficient (Wildman–Crippen LogP) is 4.15. The zero-order valence-corrected chi connectivity index (χ0v) is 17.0. The fraction of sp³-hybridized carbons (Fsp3) is 0.217. The van der Waals surface area contributed by atoms with E-state index >= 15 is 0 Å². The van der Waals surface area contributed by atoms with Crippen LogP contribution in [0.1, 0.15) is 28.8 Å². The van der Waals surface area contributed by atoms with Gasteiger partial charge in [-0.3, -0.25) is 14.2 Å². The first-order chi connectivity index (χ1) is 15.6. The van der Waals surface area contributed by atoms with Gasteiger partial charge in [0.2, 0.25) is 0 Å². The van der Waals surface area contributed by atoms with Gasteiger partial charge in [-0.15, -0.1) is 0 Å². The molecular weight excluding hydrogens is 444 g/mol. The largest absolute Gasteiger partial charge is 0.482 e. The van der Waals surface area contributed by atoms with E-state index in [9.17, 15) is 32.3 Å². The number of carbonyl (C=O) groups excluding carboxylic acids is 1. The fourth-order valence-electron chi connectivity index (χ4n) is 3.29. The number of halogens is 4. The third-order valence-corrected chi connectivity index (χ3v) is 5.17. The number of alkyl halides is 3. The highest BCUT2D eigenvalue weighted by Gasteiger charge is 2.41. The smallest absolute Gasteiger partial charge is 0.422 e. The van der Waals surface area contributed by atoms with E-state index in [1.54, 1.807) is 24.3 Å². The molecule has 10 heteroatoms. The second kappa shape index (κ2) is 8.36. The van der Waals surface area contributed by atoms with Crippen molar-refractivity contribution >= 4 is 11.6 Å². The van der Waals surface area contributed by atoms with Crippen LogP contribution in [0, 0.1) is 5.82 Å². The maximum atomic E-state index is 13.6. The van der Waals surface area contributed by atoms with E-state index in [1.165, 1.54) is 18.3 Å². The second-order valence-electron chi connectivity index (χ2n) is 7.68. The molecule has 2 N–H and O–H groups in total. The molecule has 2 aromatic carbocycles. The number of ether oxygens (including phenoxy) is 1. The summed E-state index contributed by atoms with van der Waals surface area (Å²) in [5.74, 6) is -2.09. The number of rotatable bonds is 6. The van der Waals surface area contributed by atoms with Crippen molar-refractivity contribution in [3.8, 4) is 11.4 Å². The van der Waals surface area contributed by atoms with Crippen LogP contribution >= 0.6 is 0 Å². The minimum absolute atomic E-state index is 0.151. The average molecular weight is 462 g/mol. The Balaban J connectivity index is 1.60. The van der Waals surface area contributed by atoms with Crippen LogP contribution < -0.4 is 15.6 Å². The molecule has 0 radical (unpaired) electrons. The minimum atomic E-state index is -4.67. The van der Waals surface area contributed by atoms with Crippen LogP contribution in [0.2, 0.25) is 0 Å². The number of amides is 1. The summed E-state index contributed by atoms with van der Waals surface area (Å²) < 4.78 is 56.9. The van der Waals surface area contributed by atoms with Gasteiger partial charge in [0.15, 0.2) is 6.61 Å². The Morgan fingerprint density at radius 3 is 2.45 bits per heavy atom. The molecule has 1 aromatic heterocycles. The third kappa shape index (κ3) is 5.06. The molecule has 0 saturated heterocycles. The van der Waals surface area contributed by atoms with Gasteiger partial charge in [0, 0.05) is 18.0 Å². The molecule has 1 saturated carbocycles. The number of hydrogen-bond donors (Lipinski definition) is 2. The molecule has 0 atom stereocenters. The molecule has 1 fully saturated rings. The molecule has 33 heavy (non-hydrogen) atoms. The number of anilines is 1. The van der Waals surface area contributed by atoms with Crippen LogP contribution in [0.25, 0.3) is 5.69 Å². The van der Waals surface area contributed by atoms with Gasteiger partial charge >= 0.3 is 6.18 Å². The normalized spacial score (nSPS) is 14.6. The first-order valence-electron chi connectivity index (χ1n) is 9.91. The molecule has 172 valence electrons. The third-order valence-electron chi connectivity index (χ3n) is 5.17. The van der Waals surface area contributed by atoms with E-state index in [2.05, 4.69) is 10.1 Å². The molecule has 0 unspecified atom stereocenters. The van der Waals surface area contributed by atoms with Gasteiger partial charge < -0.3 is 15.2 Å². The monoisotopic (exact) mass is 462 g/mol. The van der Waals surface area contributed by atoms with E-state index in [4.69, 9.17) is 0 Å².